The number of fused-ring (bicyclic) bond motifs is 1. The molecular formula is C9H17NO. The third kappa shape index (κ3) is 1.42. The van der Waals surface area contributed by atoms with Crippen molar-refractivity contribution in [2.75, 3.05) is 19.8 Å². The first-order valence-electron chi connectivity index (χ1n) is 4.71. The molecule has 1 aliphatic carbocycles. The van der Waals surface area contributed by atoms with E-state index in [-0.39, 0.29) is 0 Å². The van der Waals surface area contributed by atoms with Gasteiger partial charge in [0.1, 0.15) is 0 Å². The van der Waals surface area contributed by atoms with Crippen LogP contribution >= 0.6 is 0 Å². The second-order valence-corrected chi connectivity index (χ2v) is 3.78. The summed E-state index contributed by atoms with van der Waals surface area (Å²) >= 11 is 0. The topological polar surface area (TPSA) is 21.3 Å². The van der Waals surface area contributed by atoms with Crippen LogP contribution in [0, 0.1) is 11.8 Å². The maximum atomic E-state index is 5.41. The van der Waals surface area contributed by atoms with Crippen LogP contribution in [0.15, 0.2) is 0 Å². The Balaban J connectivity index is 1.84. The molecule has 0 aromatic carbocycles. The van der Waals surface area contributed by atoms with Crippen molar-refractivity contribution < 1.29 is 4.74 Å². The lowest BCUT2D eigenvalue weighted by atomic mass is 10.0. The van der Waals surface area contributed by atoms with E-state index in [1.54, 1.807) is 0 Å². The highest BCUT2D eigenvalue weighted by Gasteiger charge is 2.37. The van der Waals surface area contributed by atoms with Gasteiger partial charge in [-0.3, -0.25) is 0 Å². The van der Waals surface area contributed by atoms with E-state index in [1.165, 1.54) is 12.8 Å². The Kier molecular flexibility index (Phi) is 2.14. The van der Waals surface area contributed by atoms with Crippen LogP contribution in [0.5, 0.6) is 0 Å². The summed E-state index contributed by atoms with van der Waals surface area (Å²) in [6, 6.07) is 0.791. The van der Waals surface area contributed by atoms with Gasteiger partial charge in [-0.05, 0) is 31.2 Å². The van der Waals surface area contributed by atoms with Crippen molar-refractivity contribution in [2.45, 2.75) is 25.8 Å². The van der Waals surface area contributed by atoms with E-state index < -0.39 is 0 Å². The van der Waals surface area contributed by atoms with Gasteiger partial charge in [-0.15, -0.1) is 0 Å². The first-order chi connectivity index (χ1) is 5.40. The Morgan fingerprint density at radius 2 is 1.91 bits per heavy atom. The standard InChI is InChI=1S/C9H17NO/c1-2-10-9-3-7-5-11-6-8(7)4-9/h7-10H,2-6H2,1H3/t7-,8-/m1/s1. The number of hydrogen-bond acceptors (Lipinski definition) is 2. The minimum absolute atomic E-state index is 0.791. The molecule has 1 N–H and O–H groups in total. The monoisotopic (exact) mass is 155 g/mol. The highest BCUT2D eigenvalue weighted by atomic mass is 16.5. The zero-order valence-electron chi connectivity index (χ0n) is 7.18. The molecule has 2 nitrogen and oxygen atoms in total. The Morgan fingerprint density at radius 1 is 1.27 bits per heavy atom. The summed E-state index contributed by atoms with van der Waals surface area (Å²) < 4.78 is 5.41. The summed E-state index contributed by atoms with van der Waals surface area (Å²) in [5, 5.41) is 3.52. The van der Waals surface area contributed by atoms with E-state index in [9.17, 15) is 0 Å². The quantitative estimate of drug-likeness (QED) is 0.643. The SMILES string of the molecule is CCNC1C[C@@H]2COC[C@H]2C1. The van der Waals surface area contributed by atoms with Gasteiger partial charge in [0.15, 0.2) is 0 Å². The van der Waals surface area contributed by atoms with Gasteiger partial charge in [-0.1, -0.05) is 6.92 Å². The predicted molar refractivity (Wildman–Crippen MR) is 44.5 cm³/mol. The average molecular weight is 155 g/mol. The molecule has 0 aromatic rings. The third-order valence-electron chi connectivity index (χ3n) is 3.00. The molecule has 2 heteroatoms. The minimum Gasteiger partial charge on any atom is -0.381 e. The van der Waals surface area contributed by atoms with Crippen LogP contribution < -0.4 is 5.32 Å². The summed E-state index contributed by atoms with van der Waals surface area (Å²) in [5.74, 6) is 1.75. The van der Waals surface area contributed by atoms with Crippen LogP contribution in [0.2, 0.25) is 0 Å². The fourth-order valence-electron chi connectivity index (χ4n) is 2.45. The highest BCUT2D eigenvalue weighted by molar-refractivity contribution is 4.89. The Morgan fingerprint density at radius 3 is 2.45 bits per heavy atom. The van der Waals surface area contributed by atoms with Crippen LogP contribution in [0.1, 0.15) is 19.8 Å². The van der Waals surface area contributed by atoms with Crippen LogP contribution in [0.3, 0.4) is 0 Å². The number of nitrogens with one attached hydrogen (secondary N) is 1. The van der Waals surface area contributed by atoms with Gasteiger partial charge in [0.05, 0.1) is 0 Å². The minimum atomic E-state index is 0.791. The number of ether oxygens (including phenoxy) is 1. The molecule has 1 saturated carbocycles. The predicted octanol–water partition coefficient (Wildman–Crippen LogP) is 1.02. The van der Waals surface area contributed by atoms with Crippen molar-refractivity contribution in [3.63, 3.8) is 0 Å². The molecule has 0 amide bonds. The van der Waals surface area contributed by atoms with Crippen molar-refractivity contribution in [3.05, 3.63) is 0 Å². The molecule has 64 valence electrons. The summed E-state index contributed by atoms with van der Waals surface area (Å²) in [6.07, 6.45) is 2.69. The van der Waals surface area contributed by atoms with E-state index in [4.69, 9.17) is 4.74 Å². The molecule has 1 aliphatic heterocycles. The fraction of sp³-hybridized carbons (Fsp3) is 1.00. The molecule has 0 unspecified atom stereocenters. The second kappa shape index (κ2) is 3.11. The van der Waals surface area contributed by atoms with Crippen molar-refractivity contribution in [3.8, 4) is 0 Å². The molecule has 0 aromatic heterocycles. The van der Waals surface area contributed by atoms with Gasteiger partial charge in [0.25, 0.3) is 0 Å². The van der Waals surface area contributed by atoms with Crippen molar-refractivity contribution in [2.24, 2.45) is 11.8 Å². The van der Waals surface area contributed by atoms with Crippen LogP contribution in [-0.4, -0.2) is 25.8 Å². The van der Waals surface area contributed by atoms with Crippen LogP contribution in [0.4, 0.5) is 0 Å². The lowest BCUT2D eigenvalue weighted by Gasteiger charge is -2.10. The zero-order valence-corrected chi connectivity index (χ0v) is 7.18. The van der Waals surface area contributed by atoms with E-state index in [2.05, 4.69) is 12.2 Å². The Labute approximate surface area is 68.3 Å². The molecule has 11 heavy (non-hydrogen) atoms. The van der Waals surface area contributed by atoms with E-state index in [1.807, 2.05) is 0 Å². The second-order valence-electron chi connectivity index (χ2n) is 3.78. The molecular weight excluding hydrogens is 138 g/mol. The van der Waals surface area contributed by atoms with Crippen molar-refractivity contribution in [1.29, 1.82) is 0 Å². The van der Waals surface area contributed by atoms with E-state index >= 15 is 0 Å². The maximum absolute atomic E-state index is 5.41. The summed E-state index contributed by atoms with van der Waals surface area (Å²) in [4.78, 5) is 0. The summed E-state index contributed by atoms with van der Waals surface area (Å²) in [7, 11) is 0. The molecule has 2 rings (SSSR count). The van der Waals surface area contributed by atoms with Gasteiger partial charge in [0, 0.05) is 19.3 Å². The first-order valence-corrected chi connectivity index (χ1v) is 4.71. The first kappa shape index (κ1) is 7.56. The lowest BCUT2D eigenvalue weighted by Crippen LogP contribution is -2.26. The van der Waals surface area contributed by atoms with Crippen molar-refractivity contribution in [1.82, 2.24) is 5.32 Å². The molecule has 2 atom stereocenters. The number of hydrogen-bond donors (Lipinski definition) is 1. The van der Waals surface area contributed by atoms with Gasteiger partial charge in [-0.2, -0.15) is 0 Å². The summed E-state index contributed by atoms with van der Waals surface area (Å²) in [6.45, 7) is 5.34. The molecule has 0 bridgehead atoms. The Hall–Kier alpha value is -0.0800. The molecule has 0 spiro atoms. The van der Waals surface area contributed by atoms with Crippen LogP contribution in [0.25, 0.3) is 0 Å². The summed E-state index contributed by atoms with van der Waals surface area (Å²) in [5.41, 5.74) is 0. The van der Waals surface area contributed by atoms with Gasteiger partial charge >= 0.3 is 0 Å². The van der Waals surface area contributed by atoms with Crippen molar-refractivity contribution >= 4 is 0 Å². The Bertz CT molecular complexity index is 126. The molecule has 1 saturated heterocycles. The third-order valence-corrected chi connectivity index (χ3v) is 3.00. The normalized spacial score (nSPS) is 37.9. The van der Waals surface area contributed by atoms with Gasteiger partial charge < -0.3 is 10.1 Å². The average Bonchev–Trinajstić information content (AvgIpc) is 2.46. The lowest BCUT2D eigenvalue weighted by molar-refractivity contribution is 0.169. The molecule has 2 aliphatic rings. The number of rotatable bonds is 2. The smallest absolute Gasteiger partial charge is 0.0498 e. The fourth-order valence-corrected chi connectivity index (χ4v) is 2.45. The molecule has 1 heterocycles. The highest BCUT2D eigenvalue weighted by Crippen LogP contribution is 2.36. The zero-order chi connectivity index (χ0) is 7.68. The van der Waals surface area contributed by atoms with E-state index in [0.717, 1.165) is 37.6 Å². The van der Waals surface area contributed by atoms with E-state index in [0.29, 0.717) is 0 Å². The largest absolute Gasteiger partial charge is 0.381 e. The van der Waals surface area contributed by atoms with Crippen LogP contribution in [-0.2, 0) is 4.74 Å². The molecule has 0 radical (unpaired) electrons. The molecule has 2 fully saturated rings. The van der Waals surface area contributed by atoms with Gasteiger partial charge in [-0.25, -0.2) is 0 Å². The van der Waals surface area contributed by atoms with Gasteiger partial charge in [0.2, 0.25) is 0 Å². The maximum Gasteiger partial charge on any atom is 0.0498 e.